The third-order valence-electron chi connectivity index (χ3n) is 3.43. The third kappa shape index (κ3) is 4.22. The minimum Gasteiger partial charge on any atom is -0.295 e. The quantitative estimate of drug-likeness (QED) is 0.468. The molecule has 7 nitrogen and oxygen atoms in total. The summed E-state index contributed by atoms with van der Waals surface area (Å²) in [6.07, 6.45) is 1.53. The van der Waals surface area contributed by atoms with Crippen LogP contribution in [0.5, 0.6) is 0 Å². The molecule has 3 aromatic rings. The first-order chi connectivity index (χ1) is 12.6. The zero-order chi connectivity index (χ0) is 18.5. The first-order valence-corrected chi connectivity index (χ1v) is 10.3. The molecule has 0 saturated carbocycles. The molecule has 1 amide bonds. The fourth-order valence-corrected chi connectivity index (χ4v) is 4.10. The lowest BCUT2D eigenvalue weighted by Gasteiger charge is -2.07. The molecule has 2 aromatic heterocycles. The molecule has 2 heterocycles. The van der Waals surface area contributed by atoms with E-state index in [0.29, 0.717) is 22.3 Å². The van der Waals surface area contributed by atoms with Crippen LogP contribution in [0.2, 0.25) is 5.02 Å². The zero-order valence-electron chi connectivity index (χ0n) is 14.3. The molecular formula is C16H17ClN6OS2. The van der Waals surface area contributed by atoms with Crippen molar-refractivity contribution in [2.75, 3.05) is 11.1 Å². The van der Waals surface area contributed by atoms with Crippen LogP contribution in [0.1, 0.15) is 36.5 Å². The SMILES string of the molecule is CCCc1c(C(=O)Nc2nnc(SCC)s2)nnn1-c1ccc(Cl)cc1. The number of thioether (sulfide) groups is 1. The van der Waals surface area contributed by atoms with E-state index in [1.165, 1.54) is 11.3 Å². The summed E-state index contributed by atoms with van der Waals surface area (Å²) < 4.78 is 2.49. The fraction of sp³-hybridized carbons (Fsp3) is 0.312. The number of nitrogens with zero attached hydrogens (tertiary/aromatic N) is 5. The van der Waals surface area contributed by atoms with E-state index in [0.717, 1.165) is 27.9 Å². The predicted octanol–water partition coefficient (Wildman–Crippen LogP) is 4.09. The minimum absolute atomic E-state index is 0.293. The molecule has 1 N–H and O–H groups in total. The number of aromatic nitrogens is 5. The average molecular weight is 409 g/mol. The van der Waals surface area contributed by atoms with Gasteiger partial charge in [-0.2, -0.15) is 0 Å². The number of amides is 1. The molecule has 0 unspecified atom stereocenters. The van der Waals surface area contributed by atoms with Gasteiger partial charge in [-0.3, -0.25) is 10.1 Å². The van der Waals surface area contributed by atoms with Gasteiger partial charge in [0, 0.05) is 5.02 Å². The molecule has 0 aliphatic heterocycles. The van der Waals surface area contributed by atoms with Crippen molar-refractivity contribution in [3.05, 3.63) is 40.7 Å². The first kappa shape index (κ1) is 18.8. The van der Waals surface area contributed by atoms with E-state index in [9.17, 15) is 4.79 Å². The lowest BCUT2D eigenvalue weighted by molar-refractivity contribution is 0.102. The van der Waals surface area contributed by atoms with Crippen LogP contribution in [0.15, 0.2) is 28.6 Å². The average Bonchev–Trinajstić information content (AvgIpc) is 3.23. The van der Waals surface area contributed by atoms with Crippen molar-refractivity contribution in [1.82, 2.24) is 25.2 Å². The molecule has 10 heteroatoms. The van der Waals surface area contributed by atoms with Gasteiger partial charge in [-0.25, -0.2) is 4.68 Å². The molecule has 0 aliphatic carbocycles. The van der Waals surface area contributed by atoms with E-state index in [2.05, 4.69) is 25.8 Å². The van der Waals surface area contributed by atoms with E-state index in [1.54, 1.807) is 28.6 Å². The van der Waals surface area contributed by atoms with Gasteiger partial charge in [0.15, 0.2) is 10.0 Å². The maximum atomic E-state index is 12.7. The number of nitrogens with one attached hydrogen (secondary N) is 1. The van der Waals surface area contributed by atoms with Crippen LogP contribution in [0.3, 0.4) is 0 Å². The molecule has 0 spiro atoms. The molecule has 0 atom stereocenters. The Morgan fingerprint density at radius 2 is 2.00 bits per heavy atom. The van der Waals surface area contributed by atoms with Crippen molar-refractivity contribution in [3.63, 3.8) is 0 Å². The smallest absolute Gasteiger partial charge is 0.279 e. The number of benzene rings is 1. The van der Waals surface area contributed by atoms with Gasteiger partial charge in [0.05, 0.1) is 11.4 Å². The Morgan fingerprint density at radius 3 is 2.69 bits per heavy atom. The minimum atomic E-state index is -0.335. The van der Waals surface area contributed by atoms with Gasteiger partial charge in [0.25, 0.3) is 5.91 Å². The molecule has 0 saturated heterocycles. The molecule has 0 radical (unpaired) electrons. The molecule has 26 heavy (non-hydrogen) atoms. The van der Waals surface area contributed by atoms with Gasteiger partial charge in [-0.05, 0) is 36.4 Å². The summed E-state index contributed by atoms with van der Waals surface area (Å²) in [5.74, 6) is 0.566. The van der Waals surface area contributed by atoms with Crippen LogP contribution >= 0.6 is 34.7 Å². The highest BCUT2D eigenvalue weighted by molar-refractivity contribution is 8.01. The van der Waals surface area contributed by atoms with Crippen molar-refractivity contribution in [3.8, 4) is 5.69 Å². The van der Waals surface area contributed by atoms with Gasteiger partial charge >= 0.3 is 0 Å². The Balaban J connectivity index is 1.86. The Kier molecular flexibility index (Phi) is 6.23. The fourth-order valence-electron chi connectivity index (χ4n) is 2.33. The summed E-state index contributed by atoms with van der Waals surface area (Å²) in [5.41, 5.74) is 1.85. The van der Waals surface area contributed by atoms with Gasteiger partial charge in [0.1, 0.15) is 0 Å². The standard InChI is InChI=1S/C16H17ClN6OS2/c1-3-5-12-13(14(24)18-15-20-21-16(26-15)25-4-2)19-22-23(12)11-8-6-10(17)7-9-11/h6-9H,3-5H2,1-2H3,(H,18,20,24). The first-order valence-electron chi connectivity index (χ1n) is 8.10. The molecule has 0 fully saturated rings. The molecular weight excluding hydrogens is 392 g/mol. The molecule has 0 aliphatic rings. The topological polar surface area (TPSA) is 85.6 Å². The monoisotopic (exact) mass is 408 g/mol. The van der Waals surface area contributed by atoms with Gasteiger partial charge in [-0.15, -0.1) is 15.3 Å². The van der Waals surface area contributed by atoms with E-state index >= 15 is 0 Å². The number of carbonyl (C=O) groups is 1. The van der Waals surface area contributed by atoms with E-state index < -0.39 is 0 Å². The predicted molar refractivity (Wildman–Crippen MR) is 105 cm³/mol. The molecule has 136 valence electrons. The lowest BCUT2D eigenvalue weighted by Crippen LogP contribution is -2.15. The van der Waals surface area contributed by atoms with Crippen molar-refractivity contribution < 1.29 is 4.79 Å². The summed E-state index contributed by atoms with van der Waals surface area (Å²) in [4.78, 5) is 12.7. The zero-order valence-corrected chi connectivity index (χ0v) is 16.7. The van der Waals surface area contributed by atoms with Gasteiger partial charge in [0.2, 0.25) is 5.13 Å². The highest BCUT2D eigenvalue weighted by Crippen LogP contribution is 2.25. The summed E-state index contributed by atoms with van der Waals surface area (Å²) >= 11 is 8.87. The van der Waals surface area contributed by atoms with Crippen molar-refractivity contribution in [2.24, 2.45) is 0 Å². The Hall–Kier alpha value is -1.97. The van der Waals surface area contributed by atoms with Gasteiger partial charge < -0.3 is 0 Å². The normalized spacial score (nSPS) is 10.9. The summed E-state index contributed by atoms with van der Waals surface area (Å²) in [6.45, 7) is 4.08. The van der Waals surface area contributed by atoms with Crippen LogP contribution in [-0.2, 0) is 6.42 Å². The second-order valence-corrected chi connectivity index (χ2v) is 8.21. The molecule has 1 aromatic carbocycles. The van der Waals surface area contributed by atoms with Crippen LogP contribution in [0.4, 0.5) is 5.13 Å². The Morgan fingerprint density at radius 1 is 1.23 bits per heavy atom. The molecule has 0 bridgehead atoms. The van der Waals surface area contributed by atoms with Crippen molar-refractivity contribution >= 4 is 45.7 Å². The second-order valence-electron chi connectivity index (χ2n) is 5.28. The van der Waals surface area contributed by atoms with E-state index in [1.807, 2.05) is 26.0 Å². The van der Waals surface area contributed by atoms with Crippen LogP contribution in [0.25, 0.3) is 5.69 Å². The highest BCUT2D eigenvalue weighted by atomic mass is 35.5. The number of hydrogen-bond donors (Lipinski definition) is 1. The van der Waals surface area contributed by atoms with Crippen LogP contribution in [0, 0.1) is 0 Å². The van der Waals surface area contributed by atoms with Crippen LogP contribution in [-0.4, -0.2) is 36.9 Å². The van der Waals surface area contributed by atoms with Crippen molar-refractivity contribution in [1.29, 1.82) is 0 Å². The third-order valence-corrected chi connectivity index (χ3v) is 5.54. The summed E-state index contributed by atoms with van der Waals surface area (Å²) in [5, 5.41) is 20.1. The van der Waals surface area contributed by atoms with Crippen LogP contribution < -0.4 is 5.32 Å². The Labute approximate surface area is 164 Å². The van der Waals surface area contributed by atoms with E-state index in [-0.39, 0.29) is 5.91 Å². The van der Waals surface area contributed by atoms with Crippen molar-refractivity contribution in [2.45, 2.75) is 31.0 Å². The highest BCUT2D eigenvalue weighted by Gasteiger charge is 2.21. The van der Waals surface area contributed by atoms with E-state index in [4.69, 9.17) is 11.6 Å². The number of anilines is 1. The maximum Gasteiger partial charge on any atom is 0.279 e. The number of rotatable bonds is 7. The molecule has 3 rings (SSSR count). The number of hydrogen-bond acceptors (Lipinski definition) is 7. The number of carbonyl (C=O) groups excluding carboxylic acids is 1. The lowest BCUT2D eigenvalue weighted by atomic mass is 10.2. The maximum absolute atomic E-state index is 12.7. The summed E-state index contributed by atoms with van der Waals surface area (Å²) in [7, 11) is 0. The number of halogens is 1. The van der Waals surface area contributed by atoms with Gasteiger partial charge in [-0.1, -0.05) is 60.2 Å². The Bertz CT molecular complexity index is 893. The largest absolute Gasteiger partial charge is 0.295 e. The summed E-state index contributed by atoms with van der Waals surface area (Å²) in [6, 6.07) is 7.25. The second kappa shape index (κ2) is 8.61.